The molecule has 1 saturated heterocycles. The largest absolute Gasteiger partial charge is 0.394 e. The van der Waals surface area contributed by atoms with Gasteiger partial charge in [0.05, 0.1) is 6.61 Å². The summed E-state index contributed by atoms with van der Waals surface area (Å²) in [6, 6.07) is 0. The molecule has 2 rings (SSSR count). The second kappa shape index (κ2) is 6.31. The summed E-state index contributed by atoms with van der Waals surface area (Å²) in [4.78, 5) is 15.7. The van der Waals surface area contributed by atoms with Gasteiger partial charge in [0.25, 0.3) is 0 Å². The molecule has 0 unspecified atom stereocenters. The van der Waals surface area contributed by atoms with Crippen molar-refractivity contribution in [3.63, 3.8) is 0 Å². The first-order valence-electron chi connectivity index (χ1n) is 6.86. The van der Waals surface area contributed by atoms with Gasteiger partial charge in [-0.05, 0) is 6.92 Å². The fourth-order valence-corrected chi connectivity index (χ4v) is 2.56. The maximum Gasteiger partial charge on any atom is 0.351 e. The summed E-state index contributed by atoms with van der Waals surface area (Å²) >= 11 is 0. The summed E-state index contributed by atoms with van der Waals surface area (Å²) in [6.07, 6.45) is -2.17. The van der Waals surface area contributed by atoms with Gasteiger partial charge >= 0.3 is 5.69 Å². The number of anilines is 1. The van der Waals surface area contributed by atoms with Crippen LogP contribution in [0.2, 0.25) is 0 Å². The molecule has 2 heterocycles. The van der Waals surface area contributed by atoms with E-state index in [0.717, 1.165) is 4.57 Å². The van der Waals surface area contributed by atoms with E-state index in [1.807, 2.05) is 0 Å². The number of aliphatic hydroxyl groups excluding tert-OH is 2. The lowest BCUT2D eigenvalue weighted by atomic mass is 9.90. The summed E-state index contributed by atoms with van der Waals surface area (Å²) in [5, 5.41) is 30.3. The number of hydrogen-bond acceptors (Lipinski definition) is 8. The molecule has 0 spiro atoms. The van der Waals surface area contributed by atoms with Crippen molar-refractivity contribution in [3.05, 3.63) is 22.2 Å². The van der Waals surface area contributed by atoms with Crippen LogP contribution in [0.4, 0.5) is 5.82 Å². The van der Waals surface area contributed by atoms with E-state index in [-0.39, 0.29) is 18.8 Å². The molecule has 9 nitrogen and oxygen atoms in total. The number of methoxy groups -OCH3 is 1. The average Bonchev–Trinajstić information content (AvgIpc) is 2.73. The minimum Gasteiger partial charge on any atom is -0.394 e. The summed E-state index contributed by atoms with van der Waals surface area (Å²) in [6.45, 7) is 1.30. The lowest BCUT2D eigenvalue weighted by Gasteiger charge is -2.31. The number of aryl methyl sites for hydroxylation is 1. The molecule has 22 heavy (non-hydrogen) atoms. The predicted molar refractivity (Wildman–Crippen MR) is 76.1 cm³/mol. The van der Waals surface area contributed by atoms with E-state index in [0.29, 0.717) is 5.56 Å². The predicted octanol–water partition coefficient (Wildman–Crippen LogP) is -1.85. The molecule has 5 N–H and O–H groups in total. The number of rotatable bonds is 5. The van der Waals surface area contributed by atoms with Crippen molar-refractivity contribution in [2.45, 2.75) is 37.4 Å². The fraction of sp³-hybridized carbons (Fsp3) is 0.692. The quantitative estimate of drug-likeness (QED) is 0.496. The zero-order valence-electron chi connectivity index (χ0n) is 12.5. The van der Waals surface area contributed by atoms with Crippen LogP contribution in [0.25, 0.3) is 0 Å². The molecule has 0 aromatic carbocycles. The summed E-state index contributed by atoms with van der Waals surface area (Å²) in [5.41, 5.74) is 3.60. The van der Waals surface area contributed by atoms with E-state index >= 15 is 0 Å². The molecule has 0 bridgehead atoms. The van der Waals surface area contributed by atoms with Crippen LogP contribution in [0.5, 0.6) is 0 Å². The summed E-state index contributed by atoms with van der Waals surface area (Å²) in [5.74, 6) is 0.0823. The maximum absolute atomic E-state index is 12.0. The lowest BCUT2D eigenvalue weighted by molar-refractivity contribution is -0.122. The Kier molecular flexibility index (Phi) is 4.83. The smallest absolute Gasteiger partial charge is 0.351 e. The van der Waals surface area contributed by atoms with Crippen molar-refractivity contribution in [1.29, 1.82) is 0 Å². The van der Waals surface area contributed by atoms with Crippen LogP contribution in [0.3, 0.4) is 0 Å². The molecule has 4 atom stereocenters. The third-order valence-electron chi connectivity index (χ3n) is 3.91. The van der Waals surface area contributed by atoms with Gasteiger partial charge < -0.3 is 30.5 Å². The highest BCUT2D eigenvalue weighted by Crippen LogP contribution is 2.40. The molecule has 0 amide bonds. The third-order valence-corrected chi connectivity index (χ3v) is 3.91. The average molecular weight is 315 g/mol. The Bertz CT molecular complexity index is 592. The maximum atomic E-state index is 12.0. The van der Waals surface area contributed by atoms with Gasteiger partial charge in [0.1, 0.15) is 23.6 Å². The minimum atomic E-state index is -1.79. The highest BCUT2D eigenvalue weighted by Gasteiger charge is 2.56. The van der Waals surface area contributed by atoms with E-state index < -0.39 is 36.3 Å². The molecule has 0 aliphatic carbocycles. The van der Waals surface area contributed by atoms with Gasteiger partial charge in [-0.2, -0.15) is 4.98 Å². The van der Waals surface area contributed by atoms with Crippen LogP contribution < -0.4 is 11.4 Å². The molecule has 124 valence electrons. The molecule has 1 aliphatic rings. The van der Waals surface area contributed by atoms with Gasteiger partial charge in [-0.1, -0.05) is 0 Å². The lowest BCUT2D eigenvalue weighted by Crippen LogP contribution is -2.49. The molecule has 9 heteroatoms. The Hall–Kier alpha value is -1.52. The van der Waals surface area contributed by atoms with Crippen LogP contribution in [-0.2, 0) is 9.47 Å². The van der Waals surface area contributed by atoms with Gasteiger partial charge in [0.2, 0.25) is 0 Å². The number of nitrogen functional groups attached to an aromatic ring is 1. The van der Waals surface area contributed by atoms with E-state index in [9.17, 15) is 20.1 Å². The van der Waals surface area contributed by atoms with Crippen molar-refractivity contribution in [2.75, 3.05) is 26.1 Å². The second-order valence-corrected chi connectivity index (χ2v) is 5.39. The van der Waals surface area contributed by atoms with Crippen molar-refractivity contribution in [3.8, 4) is 0 Å². The molecule has 1 aromatic rings. The van der Waals surface area contributed by atoms with E-state index in [2.05, 4.69) is 4.98 Å². The van der Waals surface area contributed by atoms with E-state index in [1.54, 1.807) is 6.92 Å². The van der Waals surface area contributed by atoms with Gasteiger partial charge in [0.15, 0.2) is 6.23 Å². The molecule has 1 fully saturated rings. The molecule has 0 radical (unpaired) electrons. The van der Waals surface area contributed by atoms with Crippen LogP contribution in [0.15, 0.2) is 11.0 Å². The molecule has 1 aromatic heterocycles. The standard InChI is InChI=1S/C13H21N3O6/c1-7-5-16(12(19)15-10(7)14)11-13(20,3-4-21-2)9(18)8(6-17)22-11/h5,8-9,11,17-18,20H,3-4,6H2,1-2H3,(H2,14,15,19)/t8-,9-,11-,13-/m1/s1. The molecule has 1 aliphatic heterocycles. The first-order chi connectivity index (χ1) is 10.3. The first kappa shape index (κ1) is 16.8. The Labute approximate surface area is 126 Å². The number of nitrogens with two attached hydrogens (primary N) is 1. The Morgan fingerprint density at radius 2 is 2.27 bits per heavy atom. The topological polar surface area (TPSA) is 140 Å². The van der Waals surface area contributed by atoms with Crippen molar-refractivity contribution in [1.82, 2.24) is 9.55 Å². The van der Waals surface area contributed by atoms with Gasteiger partial charge in [-0.3, -0.25) is 4.57 Å². The van der Waals surface area contributed by atoms with Gasteiger partial charge in [0, 0.05) is 31.9 Å². The van der Waals surface area contributed by atoms with Crippen LogP contribution in [0, 0.1) is 6.92 Å². The number of ether oxygens (including phenoxy) is 2. The summed E-state index contributed by atoms with van der Waals surface area (Å²) < 4.78 is 11.5. The Morgan fingerprint density at radius 1 is 1.59 bits per heavy atom. The number of aliphatic hydroxyl groups is 3. The Morgan fingerprint density at radius 3 is 2.86 bits per heavy atom. The summed E-state index contributed by atoms with van der Waals surface area (Å²) in [7, 11) is 1.45. The van der Waals surface area contributed by atoms with Gasteiger partial charge in [-0.25, -0.2) is 4.79 Å². The van der Waals surface area contributed by atoms with Crippen LogP contribution in [0.1, 0.15) is 18.2 Å². The highest BCUT2D eigenvalue weighted by molar-refractivity contribution is 5.35. The fourth-order valence-electron chi connectivity index (χ4n) is 2.56. The van der Waals surface area contributed by atoms with Crippen molar-refractivity contribution in [2.24, 2.45) is 0 Å². The zero-order valence-corrected chi connectivity index (χ0v) is 12.5. The highest BCUT2D eigenvalue weighted by atomic mass is 16.6. The van der Waals surface area contributed by atoms with Crippen molar-refractivity contribution < 1.29 is 24.8 Å². The molecular weight excluding hydrogens is 294 g/mol. The minimum absolute atomic E-state index is 0.0156. The van der Waals surface area contributed by atoms with E-state index in [4.69, 9.17) is 15.2 Å². The van der Waals surface area contributed by atoms with Gasteiger partial charge in [-0.15, -0.1) is 0 Å². The number of nitrogens with zero attached hydrogens (tertiary/aromatic N) is 2. The SMILES string of the molecule is COCC[C@@]1(O)[C@H](O)[C@@H](CO)O[C@H]1n1cc(C)c(N)nc1=O. The normalized spacial score (nSPS) is 31.6. The Balaban J connectivity index is 2.47. The zero-order chi connectivity index (χ0) is 16.5. The second-order valence-electron chi connectivity index (χ2n) is 5.39. The van der Waals surface area contributed by atoms with Crippen LogP contribution >= 0.6 is 0 Å². The van der Waals surface area contributed by atoms with Crippen LogP contribution in [-0.4, -0.2) is 63.0 Å². The molecular formula is C13H21N3O6. The number of aromatic nitrogens is 2. The number of hydrogen-bond donors (Lipinski definition) is 4. The van der Waals surface area contributed by atoms with E-state index in [1.165, 1.54) is 13.3 Å². The molecule has 0 saturated carbocycles. The monoisotopic (exact) mass is 315 g/mol. The van der Waals surface area contributed by atoms with Crippen molar-refractivity contribution >= 4 is 5.82 Å². The third kappa shape index (κ3) is 2.73. The first-order valence-corrected chi connectivity index (χ1v) is 6.86.